The molecule has 1 heterocycles. The summed E-state index contributed by atoms with van der Waals surface area (Å²) in [5, 5.41) is 1.31. The van der Waals surface area contributed by atoms with E-state index in [2.05, 4.69) is 83.4 Å². The average molecular weight is 342 g/mol. The van der Waals surface area contributed by atoms with Crippen molar-refractivity contribution in [1.29, 1.82) is 0 Å². The zero-order chi connectivity index (χ0) is 15.4. The second-order valence-electron chi connectivity index (χ2n) is 4.95. The molecule has 0 aliphatic rings. The van der Waals surface area contributed by atoms with Gasteiger partial charge < -0.3 is 4.57 Å². The highest BCUT2D eigenvalue weighted by atomic mass is 79.9. The van der Waals surface area contributed by atoms with Gasteiger partial charge in [-0.3, -0.25) is 0 Å². The topological polar surface area (TPSA) is 4.93 Å². The number of hydrogen-bond acceptors (Lipinski definition) is 0. The minimum absolute atomic E-state index is 1.13. The van der Waals surface area contributed by atoms with Gasteiger partial charge in [-0.05, 0) is 56.7 Å². The molecule has 0 unspecified atom stereocenters. The number of nitrogens with zero attached hydrogens (tertiary/aromatic N) is 1. The van der Waals surface area contributed by atoms with Gasteiger partial charge in [0.25, 0.3) is 0 Å². The molecule has 1 aromatic heterocycles. The van der Waals surface area contributed by atoms with Gasteiger partial charge in [0.2, 0.25) is 0 Å². The van der Waals surface area contributed by atoms with E-state index in [-0.39, 0.29) is 0 Å². The highest BCUT2D eigenvalue weighted by Gasteiger charge is 2.11. The van der Waals surface area contributed by atoms with Crippen molar-refractivity contribution in [1.82, 2.24) is 4.57 Å². The predicted molar refractivity (Wildman–Crippen MR) is 96.3 cm³/mol. The van der Waals surface area contributed by atoms with Crippen molar-refractivity contribution in [3.8, 4) is 5.69 Å². The van der Waals surface area contributed by atoms with E-state index in [1.807, 2.05) is 13.0 Å². The van der Waals surface area contributed by atoms with Crippen LogP contribution in [0.15, 0.2) is 65.7 Å². The lowest BCUT2D eigenvalue weighted by Gasteiger charge is -2.08. The fourth-order valence-electron chi connectivity index (χ4n) is 2.46. The number of allylic oxidation sites excluding steroid dienone is 1. The molecule has 3 rings (SSSR count). The van der Waals surface area contributed by atoms with Gasteiger partial charge in [-0.2, -0.15) is 0 Å². The van der Waals surface area contributed by atoms with Crippen molar-refractivity contribution in [2.45, 2.75) is 20.8 Å². The number of halogens is 1. The first-order valence-corrected chi connectivity index (χ1v) is 7.79. The van der Waals surface area contributed by atoms with Gasteiger partial charge in [-0.25, -0.2) is 0 Å². The molecular formula is C19H20BrN. The molecule has 0 saturated carbocycles. The molecule has 2 heteroatoms. The Labute approximate surface area is 135 Å². The van der Waals surface area contributed by atoms with Crippen LogP contribution in [0.3, 0.4) is 0 Å². The van der Waals surface area contributed by atoms with Crippen LogP contribution in [0.1, 0.15) is 18.2 Å². The van der Waals surface area contributed by atoms with Gasteiger partial charge in [0.15, 0.2) is 0 Å². The van der Waals surface area contributed by atoms with Crippen LogP contribution in [-0.4, -0.2) is 4.57 Å². The van der Waals surface area contributed by atoms with Crippen molar-refractivity contribution in [3.05, 3.63) is 76.9 Å². The summed E-state index contributed by atoms with van der Waals surface area (Å²) >= 11 is 3.55. The second kappa shape index (κ2) is 6.77. The zero-order valence-electron chi connectivity index (χ0n) is 12.7. The number of hydrogen-bond donors (Lipinski definition) is 0. The Bertz CT molecular complexity index is 754. The van der Waals surface area contributed by atoms with Crippen LogP contribution in [0.2, 0.25) is 0 Å². The summed E-state index contributed by atoms with van der Waals surface area (Å²) in [5.41, 5.74) is 5.12. The molecule has 2 aromatic carbocycles. The Morgan fingerprint density at radius 3 is 2.29 bits per heavy atom. The molecule has 0 spiro atoms. The predicted octanol–water partition coefficient (Wildman–Crippen LogP) is 6.20. The fraction of sp³-hybridized carbons (Fsp3) is 0.158. The summed E-state index contributed by atoms with van der Waals surface area (Å²) in [6, 6.07) is 17.0. The normalized spacial score (nSPS) is 10.1. The van der Waals surface area contributed by atoms with Gasteiger partial charge in [0.1, 0.15) is 0 Å². The van der Waals surface area contributed by atoms with Gasteiger partial charge >= 0.3 is 0 Å². The minimum Gasteiger partial charge on any atom is -0.314 e. The first kappa shape index (κ1) is 15.6. The van der Waals surface area contributed by atoms with Crippen LogP contribution < -0.4 is 0 Å². The number of aromatic nitrogens is 1. The zero-order valence-corrected chi connectivity index (χ0v) is 14.3. The smallest absolute Gasteiger partial charge is 0.0534 e. The molecular weight excluding hydrogens is 322 g/mol. The Hall–Kier alpha value is -1.80. The summed E-state index contributed by atoms with van der Waals surface area (Å²) in [7, 11) is 0. The van der Waals surface area contributed by atoms with E-state index in [0.717, 1.165) is 4.47 Å². The van der Waals surface area contributed by atoms with E-state index in [1.54, 1.807) is 6.08 Å². The van der Waals surface area contributed by atoms with Gasteiger partial charge in [-0.1, -0.05) is 40.2 Å². The highest BCUT2D eigenvalue weighted by molar-refractivity contribution is 9.10. The third-order valence-electron chi connectivity index (χ3n) is 3.50. The van der Waals surface area contributed by atoms with E-state index in [4.69, 9.17) is 0 Å². The van der Waals surface area contributed by atoms with E-state index in [9.17, 15) is 0 Å². The van der Waals surface area contributed by atoms with Crippen LogP contribution in [-0.2, 0) is 0 Å². The maximum absolute atomic E-state index is 3.55. The fourth-order valence-corrected chi connectivity index (χ4v) is 2.82. The molecule has 0 fully saturated rings. The van der Waals surface area contributed by atoms with Crippen molar-refractivity contribution in [2.24, 2.45) is 0 Å². The Balaban J connectivity index is 0.000000497. The first-order valence-electron chi connectivity index (χ1n) is 6.99. The Kier molecular flexibility index (Phi) is 5.03. The number of benzene rings is 2. The Morgan fingerprint density at radius 2 is 1.67 bits per heavy atom. The van der Waals surface area contributed by atoms with Crippen molar-refractivity contribution < 1.29 is 0 Å². The third kappa shape index (κ3) is 3.11. The van der Waals surface area contributed by atoms with Crippen LogP contribution in [0.5, 0.6) is 0 Å². The highest BCUT2D eigenvalue weighted by Crippen LogP contribution is 2.30. The summed E-state index contributed by atoms with van der Waals surface area (Å²) in [6.45, 7) is 9.61. The summed E-state index contributed by atoms with van der Waals surface area (Å²) in [6.07, 6.45) is 1.75. The molecule has 0 N–H and O–H groups in total. The van der Waals surface area contributed by atoms with E-state index >= 15 is 0 Å². The number of rotatable bonds is 1. The molecule has 1 nitrogen and oxygen atoms in total. The van der Waals surface area contributed by atoms with Gasteiger partial charge in [0, 0.05) is 21.2 Å². The summed E-state index contributed by atoms with van der Waals surface area (Å²) in [4.78, 5) is 0. The van der Waals surface area contributed by atoms with E-state index in [0.29, 0.717) is 0 Å². The molecule has 0 radical (unpaired) electrons. The quantitative estimate of drug-likeness (QED) is 0.464. The lowest BCUT2D eigenvalue weighted by Crippen LogP contribution is -1.95. The number of aryl methyl sites for hydroxylation is 1. The Morgan fingerprint density at radius 1 is 1.05 bits per heavy atom. The lowest BCUT2D eigenvalue weighted by molar-refractivity contribution is 1.04. The molecule has 108 valence electrons. The standard InChI is InChI=1S/C16H14BrN.C3H6/c1-11-12(2)18(14-6-4-3-5-7-14)16-9-8-13(17)10-15(11)16;1-3-2/h3-10H,1-2H3;3H,1H2,2H3. The van der Waals surface area contributed by atoms with Crippen LogP contribution in [0.4, 0.5) is 0 Å². The van der Waals surface area contributed by atoms with Gasteiger partial charge in [0.05, 0.1) is 5.52 Å². The van der Waals surface area contributed by atoms with Crippen molar-refractivity contribution in [2.75, 3.05) is 0 Å². The molecule has 0 amide bonds. The minimum atomic E-state index is 1.13. The van der Waals surface area contributed by atoms with Crippen LogP contribution in [0, 0.1) is 13.8 Å². The first-order chi connectivity index (χ1) is 10.1. The van der Waals surface area contributed by atoms with Crippen LogP contribution >= 0.6 is 15.9 Å². The maximum atomic E-state index is 3.55. The largest absolute Gasteiger partial charge is 0.314 e. The third-order valence-corrected chi connectivity index (χ3v) is 3.99. The van der Waals surface area contributed by atoms with Crippen molar-refractivity contribution in [3.63, 3.8) is 0 Å². The van der Waals surface area contributed by atoms with E-state index < -0.39 is 0 Å². The molecule has 0 bridgehead atoms. The van der Waals surface area contributed by atoms with Crippen molar-refractivity contribution >= 4 is 26.8 Å². The number of para-hydroxylation sites is 1. The average Bonchev–Trinajstić information content (AvgIpc) is 2.73. The molecule has 0 aliphatic carbocycles. The number of fused-ring (bicyclic) bond motifs is 1. The molecule has 3 aromatic rings. The summed E-state index contributed by atoms with van der Waals surface area (Å²) in [5.74, 6) is 0. The molecule has 21 heavy (non-hydrogen) atoms. The van der Waals surface area contributed by atoms with Crippen LogP contribution in [0.25, 0.3) is 16.6 Å². The summed E-state index contributed by atoms with van der Waals surface area (Å²) < 4.78 is 3.44. The molecule has 0 atom stereocenters. The van der Waals surface area contributed by atoms with E-state index in [1.165, 1.54) is 27.8 Å². The lowest BCUT2D eigenvalue weighted by atomic mass is 10.2. The van der Waals surface area contributed by atoms with Gasteiger partial charge in [-0.15, -0.1) is 6.58 Å². The molecule has 0 aliphatic heterocycles. The monoisotopic (exact) mass is 341 g/mol. The SMILES string of the molecule is C=CC.Cc1c(C)n(-c2ccccc2)c2ccc(Br)cc12. The maximum Gasteiger partial charge on any atom is 0.0534 e. The second-order valence-corrected chi connectivity index (χ2v) is 5.87. The molecule has 0 saturated heterocycles.